The smallest absolute Gasteiger partial charge is 0.854 e. The van der Waals surface area contributed by atoms with E-state index in [4.69, 9.17) is 0 Å². The number of hydrogen-bond acceptors (Lipinski definition) is 2. The quantitative estimate of drug-likeness (QED) is 0.317. The van der Waals surface area contributed by atoms with Crippen LogP contribution in [0.15, 0.2) is 0 Å². The van der Waals surface area contributed by atoms with Gasteiger partial charge >= 0.3 is 37.7 Å². The summed E-state index contributed by atoms with van der Waals surface area (Å²) in [7, 11) is 0. The Morgan fingerprint density at radius 1 is 1.00 bits per heavy atom. The van der Waals surface area contributed by atoms with E-state index in [1.165, 1.54) is 0 Å². The van der Waals surface area contributed by atoms with Crippen molar-refractivity contribution in [2.45, 2.75) is 52.6 Å². The molecule has 0 fully saturated rings. The molecule has 0 amide bonds. The number of unbranched alkanes of at least 4 members (excludes halogenated alkanes) is 2. The standard InChI is InChI=1S/C5H11O.C4H9O.2Li/c1-2-3-4-5-6;1-4(2,3)5;;/h2-5H2,1H3;1-3H3;;/q2*-1;2*+1. The maximum absolute atomic E-state index is 10.1. The van der Waals surface area contributed by atoms with Crippen molar-refractivity contribution in [3.63, 3.8) is 0 Å². The first-order chi connectivity index (χ1) is 4.91. The molecule has 70 valence electrons. The molecule has 0 aliphatic rings. The topological polar surface area (TPSA) is 46.1 Å². The van der Waals surface area contributed by atoms with Crippen molar-refractivity contribution in [3.8, 4) is 0 Å². The van der Waals surface area contributed by atoms with Gasteiger partial charge in [-0.2, -0.15) is 0 Å². The summed E-state index contributed by atoms with van der Waals surface area (Å²) in [6.45, 7) is 7.09. The van der Waals surface area contributed by atoms with Crippen molar-refractivity contribution < 1.29 is 47.9 Å². The minimum atomic E-state index is -0.750. The van der Waals surface area contributed by atoms with E-state index in [-0.39, 0.29) is 44.3 Å². The molecule has 0 radical (unpaired) electrons. The van der Waals surface area contributed by atoms with Crippen LogP contribution in [0.5, 0.6) is 0 Å². The molecule has 0 saturated carbocycles. The molecule has 0 aromatic heterocycles. The largest absolute Gasteiger partial charge is 1.00 e. The van der Waals surface area contributed by atoms with Gasteiger partial charge in [0.15, 0.2) is 0 Å². The minimum Gasteiger partial charge on any atom is -0.854 e. The van der Waals surface area contributed by atoms with Gasteiger partial charge in [0.25, 0.3) is 0 Å². The van der Waals surface area contributed by atoms with E-state index in [9.17, 15) is 10.2 Å². The Kier molecular flexibility index (Phi) is 28.4. The van der Waals surface area contributed by atoms with E-state index >= 15 is 0 Å². The van der Waals surface area contributed by atoms with Crippen LogP contribution < -0.4 is 47.9 Å². The summed E-state index contributed by atoms with van der Waals surface area (Å²) in [4.78, 5) is 0. The van der Waals surface area contributed by atoms with E-state index < -0.39 is 5.60 Å². The van der Waals surface area contributed by atoms with E-state index in [0.29, 0.717) is 0 Å². The Hall–Kier alpha value is 1.11. The molecule has 0 spiro atoms. The summed E-state index contributed by atoms with van der Waals surface area (Å²) in [5, 5.41) is 19.8. The summed E-state index contributed by atoms with van der Waals surface area (Å²) in [5.74, 6) is 0. The summed E-state index contributed by atoms with van der Waals surface area (Å²) >= 11 is 0. The van der Waals surface area contributed by atoms with Crippen LogP contribution in [0.4, 0.5) is 0 Å². The van der Waals surface area contributed by atoms with E-state index in [2.05, 4.69) is 6.92 Å². The fraction of sp³-hybridized carbons (Fsp3) is 1.00. The molecular weight excluding hydrogens is 154 g/mol. The molecular formula is C9H20Li2O2. The summed E-state index contributed by atoms with van der Waals surface area (Å²) in [5.41, 5.74) is -0.750. The maximum Gasteiger partial charge on any atom is 1.00 e. The Morgan fingerprint density at radius 3 is 1.38 bits per heavy atom. The Labute approximate surface area is 107 Å². The fourth-order valence-electron chi connectivity index (χ4n) is 0.352. The predicted molar refractivity (Wildman–Crippen MR) is 44.1 cm³/mol. The van der Waals surface area contributed by atoms with Crippen molar-refractivity contribution in [1.29, 1.82) is 0 Å². The minimum absolute atomic E-state index is 0. The molecule has 0 aromatic carbocycles. The molecule has 0 atom stereocenters. The molecule has 0 aromatic rings. The van der Waals surface area contributed by atoms with Crippen molar-refractivity contribution in [1.82, 2.24) is 0 Å². The molecule has 0 saturated heterocycles. The average Bonchev–Trinajstić information content (AvgIpc) is 1.79. The first-order valence-electron chi connectivity index (χ1n) is 4.20. The third kappa shape index (κ3) is 95.7. The van der Waals surface area contributed by atoms with E-state index in [0.717, 1.165) is 19.3 Å². The van der Waals surface area contributed by atoms with Crippen LogP contribution in [0, 0.1) is 0 Å². The first-order valence-corrected chi connectivity index (χ1v) is 4.20. The molecule has 0 unspecified atom stereocenters. The van der Waals surface area contributed by atoms with Crippen LogP contribution in [0.1, 0.15) is 47.0 Å². The molecule has 0 bridgehead atoms. The number of rotatable bonds is 3. The zero-order chi connectivity index (χ0) is 9.33. The fourth-order valence-corrected chi connectivity index (χ4v) is 0.352. The van der Waals surface area contributed by atoms with E-state index in [1.54, 1.807) is 20.8 Å². The summed E-state index contributed by atoms with van der Waals surface area (Å²) < 4.78 is 0. The van der Waals surface area contributed by atoms with Crippen LogP contribution in [-0.2, 0) is 0 Å². The molecule has 0 aliphatic carbocycles. The first kappa shape index (κ1) is 23.7. The summed E-state index contributed by atoms with van der Waals surface area (Å²) in [6, 6.07) is 0. The van der Waals surface area contributed by atoms with Crippen molar-refractivity contribution in [3.05, 3.63) is 0 Å². The molecule has 2 nitrogen and oxygen atoms in total. The molecule has 4 heteroatoms. The monoisotopic (exact) mass is 174 g/mol. The van der Waals surface area contributed by atoms with Gasteiger partial charge in [-0.05, 0) is 0 Å². The molecule has 13 heavy (non-hydrogen) atoms. The number of hydrogen-bond donors (Lipinski definition) is 0. The van der Waals surface area contributed by atoms with Crippen LogP contribution >= 0.6 is 0 Å². The molecule has 0 heterocycles. The summed E-state index contributed by atoms with van der Waals surface area (Å²) in [6.07, 6.45) is 3.11. The van der Waals surface area contributed by atoms with Gasteiger partial charge in [-0.1, -0.05) is 47.0 Å². The third-order valence-corrected chi connectivity index (χ3v) is 0.748. The van der Waals surface area contributed by atoms with Gasteiger partial charge in [0.1, 0.15) is 0 Å². The van der Waals surface area contributed by atoms with Crippen molar-refractivity contribution >= 4 is 0 Å². The van der Waals surface area contributed by atoms with Crippen molar-refractivity contribution in [2.24, 2.45) is 0 Å². The molecule has 0 aliphatic heterocycles. The Bertz CT molecular complexity index is 62.5. The van der Waals surface area contributed by atoms with Gasteiger partial charge < -0.3 is 10.2 Å². The second kappa shape index (κ2) is 15.6. The van der Waals surface area contributed by atoms with Gasteiger partial charge in [0, 0.05) is 0 Å². The average molecular weight is 174 g/mol. The van der Waals surface area contributed by atoms with Gasteiger partial charge in [-0.25, -0.2) is 0 Å². The SMILES string of the molecule is CC(C)(C)[O-].CCCCC[O-].[Li+].[Li+]. The Balaban J connectivity index is -0.0000000546. The van der Waals surface area contributed by atoms with Gasteiger partial charge in [0.2, 0.25) is 0 Å². The zero-order valence-corrected chi connectivity index (χ0v) is 10.1. The van der Waals surface area contributed by atoms with Gasteiger partial charge in [-0.3, -0.25) is 0 Å². The van der Waals surface area contributed by atoms with Crippen LogP contribution in [0.3, 0.4) is 0 Å². The maximum atomic E-state index is 10.1. The van der Waals surface area contributed by atoms with Crippen LogP contribution in [-0.4, -0.2) is 12.2 Å². The molecule has 0 rings (SSSR count). The second-order valence-corrected chi connectivity index (χ2v) is 3.52. The zero-order valence-electron chi connectivity index (χ0n) is 10.1. The van der Waals surface area contributed by atoms with Crippen molar-refractivity contribution in [2.75, 3.05) is 6.61 Å². The van der Waals surface area contributed by atoms with Gasteiger partial charge in [0.05, 0.1) is 0 Å². The van der Waals surface area contributed by atoms with Gasteiger partial charge in [-0.15, -0.1) is 12.2 Å². The Morgan fingerprint density at radius 2 is 1.31 bits per heavy atom. The van der Waals surface area contributed by atoms with E-state index in [1.807, 2.05) is 0 Å². The predicted octanol–water partition coefficient (Wildman–Crippen LogP) is -5.31. The van der Waals surface area contributed by atoms with Crippen LogP contribution in [0.25, 0.3) is 0 Å². The third-order valence-electron chi connectivity index (χ3n) is 0.748. The second-order valence-electron chi connectivity index (χ2n) is 3.52. The normalized spacial score (nSPS) is 8.77. The van der Waals surface area contributed by atoms with Crippen LogP contribution in [0.2, 0.25) is 0 Å². The molecule has 0 N–H and O–H groups in total.